The van der Waals surface area contributed by atoms with Crippen molar-refractivity contribution in [2.24, 2.45) is 0 Å². The molecule has 1 aliphatic rings. The number of amides is 1. The van der Waals surface area contributed by atoms with Crippen LogP contribution in [0.15, 0.2) is 72.8 Å². The van der Waals surface area contributed by atoms with Gasteiger partial charge in [-0.3, -0.25) is 4.79 Å². The third-order valence-electron chi connectivity index (χ3n) is 6.80. The van der Waals surface area contributed by atoms with E-state index < -0.39 is 0 Å². The molecule has 5 aromatic rings. The van der Waals surface area contributed by atoms with Crippen LogP contribution in [0.5, 0.6) is 5.75 Å². The molecule has 0 unspecified atom stereocenters. The van der Waals surface area contributed by atoms with Gasteiger partial charge in [-0.1, -0.05) is 36.4 Å². The molecule has 2 aromatic heterocycles. The second kappa shape index (κ2) is 8.96. The number of methoxy groups -OCH3 is 1. The number of ether oxygens (including phenoxy) is 1. The molecule has 0 saturated carbocycles. The molecule has 6 rings (SSSR count). The number of hydrogen-bond acceptors (Lipinski definition) is 6. The molecule has 0 spiro atoms. The first-order chi connectivity index (χ1) is 17.6. The number of fused-ring (bicyclic) bond motifs is 3. The number of carbonyl (C=O) groups is 1. The normalized spacial score (nSPS) is 13.9. The van der Waals surface area contributed by atoms with E-state index in [1.807, 2.05) is 65.6 Å². The Morgan fingerprint density at radius 2 is 1.58 bits per heavy atom. The first-order valence-electron chi connectivity index (χ1n) is 12.0. The molecule has 8 heteroatoms. The van der Waals surface area contributed by atoms with E-state index in [0.717, 1.165) is 45.2 Å². The lowest BCUT2D eigenvalue weighted by Gasteiger charge is -2.35. The van der Waals surface area contributed by atoms with Crippen molar-refractivity contribution in [1.82, 2.24) is 24.5 Å². The summed E-state index contributed by atoms with van der Waals surface area (Å²) in [6, 6.07) is 23.5. The number of piperazine rings is 1. The predicted molar refractivity (Wildman–Crippen MR) is 140 cm³/mol. The summed E-state index contributed by atoms with van der Waals surface area (Å²) in [6.07, 6.45) is 0. The summed E-state index contributed by atoms with van der Waals surface area (Å²) in [5, 5.41) is 10.1. The summed E-state index contributed by atoms with van der Waals surface area (Å²) in [4.78, 5) is 22.3. The maximum atomic E-state index is 13.1. The Kier molecular flexibility index (Phi) is 5.48. The first-order valence-corrected chi connectivity index (χ1v) is 12.0. The number of nitrogens with zero attached hydrogens (tertiary/aromatic N) is 6. The summed E-state index contributed by atoms with van der Waals surface area (Å²) in [7, 11) is 1.62. The Labute approximate surface area is 208 Å². The summed E-state index contributed by atoms with van der Waals surface area (Å²) in [6.45, 7) is 4.60. The second-order valence-corrected chi connectivity index (χ2v) is 8.93. The fourth-order valence-corrected chi connectivity index (χ4v) is 4.80. The van der Waals surface area contributed by atoms with Crippen LogP contribution in [-0.2, 0) is 0 Å². The SMILES string of the molecule is COc1ccc(C(=O)N2CCN(c3nc4ccccc4c4nnc(-c5ccccc5C)n34)CC2)cc1. The Balaban J connectivity index is 1.36. The largest absolute Gasteiger partial charge is 0.497 e. The van der Waals surface area contributed by atoms with Gasteiger partial charge in [0.25, 0.3) is 5.91 Å². The van der Waals surface area contributed by atoms with Crippen LogP contribution in [0.2, 0.25) is 0 Å². The molecule has 8 nitrogen and oxygen atoms in total. The summed E-state index contributed by atoms with van der Waals surface area (Å²) in [5.74, 6) is 2.33. The minimum absolute atomic E-state index is 0.0267. The monoisotopic (exact) mass is 478 g/mol. The Morgan fingerprint density at radius 1 is 0.861 bits per heavy atom. The third kappa shape index (κ3) is 3.71. The minimum Gasteiger partial charge on any atom is -0.497 e. The lowest BCUT2D eigenvalue weighted by atomic mass is 10.1. The van der Waals surface area contributed by atoms with E-state index in [9.17, 15) is 4.79 Å². The molecule has 0 radical (unpaired) electrons. The van der Waals surface area contributed by atoms with Crippen molar-refractivity contribution in [3.8, 4) is 17.1 Å². The zero-order chi connectivity index (χ0) is 24.6. The maximum Gasteiger partial charge on any atom is 0.253 e. The van der Waals surface area contributed by atoms with Crippen molar-refractivity contribution < 1.29 is 9.53 Å². The van der Waals surface area contributed by atoms with E-state index in [4.69, 9.17) is 9.72 Å². The Hall–Kier alpha value is -4.46. The van der Waals surface area contributed by atoms with Gasteiger partial charge in [-0.15, -0.1) is 10.2 Å². The van der Waals surface area contributed by atoms with Crippen molar-refractivity contribution in [3.63, 3.8) is 0 Å². The number of benzene rings is 3. The quantitative estimate of drug-likeness (QED) is 0.385. The molecule has 1 aliphatic heterocycles. The van der Waals surface area contributed by atoms with Gasteiger partial charge in [0.1, 0.15) is 5.75 Å². The highest BCUT2D eigenvalue weighted by Crippen LogP contribution is 2.30. The minimum atomic E-state index is 0.0267. The lowest BCUT2D eigenvalue weighted by Crippen LogP contribution is -2.49. The van der Waals surface area contributed by atoms with Crippen LogP contribution in [0.4, 0.5) is 5.95 Å². The molecule has 0 atom stereocenters. The van der Waals surface area contributed by atoms with Gasteiger partial charge >= 0.3 is 0 Å². The molecule has 3 heterocycles. The molecule has 1 saturated heterocycles. The summed E-state index contributed by atoms with van der Waals surface area (Å²) >= 11 is 0. The van der Waals surface area contributed by atoms with Crippen molar-refractivity contribution in [1.29, 1.82) is 0 Å². The van der Waals surface area contributed by atoms with Crippen molar-refractivity contribution >= 4 is 28.4 Å². The average molecular weight is 479 g/mol. The number of anilines is 1. The van der Waals surface area contributed by atoms with E-state index in [1.54, 1.807) is 7.11 Å². The molecular formula is C28H26N6O2. The Bertz CT molecular complexity index is 1570. The standard InChI is InChI=1S/C28H26N6O2/c1-19-7-3-4-8-22(19)25-30-31-26-23-9-5-6-10-24(23)29-28(34(25)26)33-17-15-32(16-18-33)27(35)20-11-13-21(36-2)14-12-20/h3-14H,15-18H2,1-2H3. The third-order valence-corrected chi connectivity index (χ3v) is 6.80. The zero-order valence-corrected chi connectivity index (χ0v) is 20.3. The highest BCUT2D eigenvalue weighted by atomic mass is 16.5. The average Bonchev–Trinajstić information content (AvgIpc) is 3.38. The Morgan fingerprint density at radius 3 is 2.33 bits per heavy atom. The van der Waals surface area contributed by atoms with Crippen LogP contribution >= 0.6 is 0 Å². The van der Waals surface area contributed by atoms with E-state index in [1.165, 1.54) is 0 Å². The molecule has 3 aromatic carbocycles. The van der Waals surface area contributed by atoms with E-state index >= 15 is 0 Å². The zero-order valence-electron chi connectivity index (χ0n) is 20.3. The van der Waals surface area contributed by atoms with E-state index in [2.05, 4.69) is 38.6 Å². The number of carbonyl (C=O) groups excluding carboxylic acids is 1. The van der Waals surface area contributed by atoms with Crippen LogP contribution in [0.25, 0.3) is 27.9 Å². The van der Waals surface area contributed by atoms with Crippen molar-refractivity contribution in [2.45, 2.75) is 6.92 Å². The molecule has 180 valence electrons. The smallest absolute Gasteiger partial charge is 0.253 e. The van der Waals surface area contributed by atoms with Gasteiger partial charge in [0, 0.05) is 42.7 Å². The van der Waals surface area contributed by atoms with Gasteiger partial charge in [0.05, 0.1) is 12.6 Å². The molecule has 36 heavy (non-hydrogen) atoms. The topological polar surface area (TPSA) is 75.9 Å². The van der Waals surface area contributed by atoms with Gasteiger partial charge in [0.2, 0.25) is 5.95 Å². The fourth-order valence-electron chi connectivity index (χ4n) is 4.80. The van der Waals surface area contributed by atoms with Gasteiger partial charge in [-0.05, 0) is 48.9 Å². The molecular weight excluding hydrogens is 452 g/mol. The molecule has 1 amide bonds. The number of aromatic nitrogens is 4. The van der Waals surface area contributed by atoms with E-state index in [0.29, 0.717) is 31.7 Å². The van der Waals surface area contributed by atoms with Gasteiger partial charge in [-0.2, -0.15) is 0 Å². The van der Waals surface area contributed by atoms with Crippen molar-refractivity contribution in [3.05, 3.63) is 83.9 Å². The van der Waals surface area contributed by atoms with Crippen LogP contribution in [0, 0.1) is 6.92 Å². The number of aryl methyl sites for hydroxylation is 1. The van der Waals surface area contributed by atoms with Crippen LogP contribution in [-0.4, -0.2) is 63.7 Å². The van der Waals surface area contributed by atoms with Gasteiger partial charge in [0.15, 0.2) is 11.5 Å². The number of para-hydroxylation sites is 1. The number of rotatable bonds is 4. The molecule has 0 aliphatic carbocycles. The van der Waals surface area contributed by atoms with Crippen LogP contribution in [0.3, 0.4) is 0 Å². The molecule has 1 fully saturated rings. The van der Waals surface area contributed by atoms with Crippen molar-refractivity contribution in [2.75, 3.05) is 38.2 Å². The fraction of sp³-hybridized carbons (Fsp3) is 0.214. The lowest BCUT2D eigenvalue weighted by molar-refractivity contribution is 0.0746. The van der Waals surface area contributed by atoms with Gasteiger partial charge < -0.3 is 14.5 Å². The van der Waals surface area contributed by atoms with E-state index in [-0.39, 0.29) is 5.91 Å². The number of hydrogen-bond donors (Lipinski definition) is 0. The van der Waals surface area contributed by atoms with Crippen LogP contribution in [0.1, 0.15) is 15.9 Å². The highest BCUT2D eigenvalue weighted by Gasteiger charge is 2.26. The van der Waals surface area contributed by atoms with Crippen LogP contribution < -0.4 is 9.64 Å². The van der Waals surface area contributed by atoms with Gasteiger partial charge in [-0.25, -0.2) is 9.38 Å². The summed E-state index contributed by atoms with van der Waals surface area (Å²) < 4.78 is 7.28. The molecule has 0 bridgehead atoms. The highest BCUT2D eigenvalue weighted by molar-refractivity contribution is 5.95. The maximum absolute atomic E-state index is 13.1. The predicted octanol–water partition coefficient (Wildman–Crippen LogP) is 4.22. The molecule has 0 N–H and O–H groups in total. The second-order valence-electron chi connectivity index (χ2n) is 8.93. The summed E-state index contributed by atoms with van der Waals surface area (Å²) in [5.41, 5.74) is 4.47. The first kappa shape index (κ1) is 22.0.